The Bertz CT molecular complexity index is 855. The fourth-order valence-corrected chi connectivity index (χ4v) is 4.04. The minimum absolute atomic E-state index is 0.285. The summed E-state index contributed by atoms with van der Waals surface area (Å²) in [5.74, 6) is -1.44. The maximum atomic E-state index is 12.4. The van der Waals surface area contributed by atoms with E-state index in [1.54, 1.807) is 6.92 Å². The number of hydrogen-bond acceptors (Lipinski definition) is 6. The van der Waals surface area contributed by atoms with Gasteiger partial charge in [-0.3, -0.25) is 4.79 Å². The number of amides is 1. The number of primary amides is 1. The molecule has 1 atom stereocenters. The summed E-state index contributed by atoms with van der Waals surface area (Å²) >= 11 is 1.20. The summed E-state index contributed by atoms with van der Waals surface area (Å²) in [4.78, 5) is 24.3. The molecular formula is C17H17N3O3S. The van der Waals surface area contributed by atoms with Gasteiger partial charge in [0.15, 0.2) is 0 Å². The van der Waals surface area contributed by atoms with Crippen LogP contribution in [0.1, 0.15) is 33.6 Å². The highest BCUT2D eigenvalue weighted by Crippen LogP contribution is 2.49. The standard InChI is InChI=1S/C17H17N3O3S/c1-8-10(17(22)23-2)11(9-6-4-3-5-7-9)12-13(18)14(15(19)21)24-16(12)20-8/h3-7,11,20H,18H2,1-2H3,(H2,19,21). The maximum absolute atomic E-state index is 12.4. The Morgan fingerprint density at radius 1 is 1.25 bits per heavy atom. The van der Waals surface area contributed by atoms with E-state index in [-0.39, 0.29) is 4.88 Å². The van der Waals surface area contributed by atoms with Crippen molar-refractivity contribution in [2.45, 2.75) is 12.8 Å². The highest BCUT2D eigenvalue weighted by molar-refractivity contribution is 7.18. The third-order valence-corrected chi connectivity index (χ3v) is 5.18. The minimum Gasteiger partial charge on any atom is -0.466 e. The molecule has 0 bridgehead atoms. The van der Waals surface area contributed by atoms with Crippen LogP contribution in [0.5, 0.6) is 0 Å². The van der Waals surface area contributed by atoms with Crippen molar-refractivity contribution >= 4 is 33.9 Å². The number of carbonyl (C=O) groups excluding carboxylic acids is 2. The van der Waals surface area contributed by atoms with E-state index < -0.39 is 17.8 Å². The first kappa shape index (κ1) is 16.1. The average molecular weight is 343 g/mol. The first-order valence-electron chi connectivity index (χ1n) is 7.28. The van der Waals surface area contributed by atoms with Crippen LogP contribution in [-0.4, -0.2) is 19.0 Å². The number of fused-ring (bicyclic) bond motifs is 1. The molecule has 124 valence electrons. The fraction of sp³-hybridized carbons (Fsp3) is 0.176. The van der Waals surface area contributed by atoms with Crippen molar-refractivity contribution < 1.29 is 14.3 Å². The number of hydrogen-bond donors (Lipinski definition) is 3. The van der Waals surface area contributed by atoms with Crippen molar-refractivity contribution in [3.63, 3.8) is 0 Å². The quantitative estimate of drug-likeness (QED) is 0.742. The maximum Gasteiger partial charge on any atom is 0.336 e. The fourth-order valence-electron chi connectivity index (χ4n) is 2.98. The van der Waals surface area contributed by atoms with Gasteiger partial charge in [-0.2, -0.15) is 0 Å². The Morgan fingerprint density at radius 2 is 1.92 bits per heavy atom. The third-order valence-electron chi connectivity index (χ3n) is 4.03. The zero-order valence-corrected chi connectivity index (χ0v) is 14.1. The highest BCUT2D eigenvalue weighted by atomic mass is 32.1. The first-order valence-corrected chi connectivity index (χ1v) is 8.10. The van der Waals surface area contributed by atoms with Crippen LogP contribution < -0.4 is 16.8 Å². The lowest BCUT2D eigenvalue weighted by Gasteiger charge is -2.28. The molecule has 0 radical (unpaired) electrons. The second-order valence-corrected chi connectivity index (χ2v) is 6.47. The van der Waals surface area contributed by atoms with Gasteiger partial charge in [0.2, 0.25) is 0 Å². The molecular weight excluding hydrogens is 326 g/mol. The molecule has 24 heavy (non-hydrogen) atoms. The van der Waals surface area contributed by atoms with Crippen LogP contribution in [0.4, 0.5) is 10.7 Å². The van der Waals surface area contributed by atoms with Gasteiger partial charge >= 0.3 is 5.97 Å². The van der Waals surface area contributed by atoms with E-state index in [1.807, 2.05) is 30.3 Å². The number of carbonyl (C=O) groups is 2. The molecule has 2 heterocycles. The summed E-state index contributed by atoms with van der Waals surface area (Å²) in [5.41, 5.74) is 14.6. The summed E-state index contributed by atoms with van der Waals surface area (Å²) in [5, 5.41) is 3.87. The van der Waals surface area contributed by atoms with Crippen LogP contribution in [0.15, 0.2) is 41.6 Å². The van der Waals surface area contributed by atoms with E-state index in [2.05, 4.69) is 5.32 Å². The smallest absolute Gasteiger partial charge is 0.336 e. The summed E-state index contributed by atoms with van der Waals surface area (Å²) in [6, 6.07) is 9.50. The molecule has 0 spiro atoms. The molecule has 0 aliphatic carbocycles. The summed E-state index contributed by atoms with van der Waals surface area (Å²) in [6.45, 7) is 1.80. The van der Waals surface area contributed by atoms with Crippen molar-refractivity contribution in [2.75, 3.05) is 18.2 Å². The van der Waals surface area contributed by atoms with Gasteiger partial charge in [-0.15, -0.1) is 11.3 Å². The Morgan fingerprint density at radius 3 is 2.50 bits per heavy atom. The van der Waals surface area contributed by atoms with Gasteiger partial charge in [0.05, 0.1) is 23.4 Å². The van der Waals surface area contributed by atoms with Gasteiger partial charge in [-0.05, 0) is 12.5 Å². The lowest BCUT2D eigenvalue weighted by atomic mass is 9.82. The zero-order valence-electron chi connectivity index (χ0n) is 13.3. The molecule has 0 fully saturated rings. The van der Waals surface area contributed by atoms with Gasteiger partial charge < -0.3 is 21.5 Å². The van der Waals surface area contributed by atoms with Crippen LogP contribution in [-0.2, 0) is 9.53 Å². The summed E-state index contributed by atoms with van der Waals surface area (Å²) in [6.07, 6.45) is 0. The van der Waals surface area contributed by atoms with Gasteiger partial charge in [0.1, 0.15) is 4.88 Å². The zero-order chi connectivity index (χ0) is 17.4. The molecule has 1 aliphatic heterocycles. The van der Waals surface area contributed by atoms with Crippen molar-refractivity contribution in [1.82, 2.24) is 0 Å². The molecule has 0 saturated heterocycles. The summed E-state index contributed by atoms with van der Waals surface area (Å²) < 4.78 is 4.96. The number of allylic oxidation sites excluding steroid dienone is 1. The third kappa shape index (κ3) is 2.43. The molecule has 1 aliphatic rings. The van der Waals surface area contributed by atoms with E-state index in [4.69, 9.17) is 16.2 Å². The number of thiophene rings is 1. The largest absolute Gasteiger partial charge is 0.466 e. The number of rotatable bonds is 3. The number of nitrogens with two attached hydrogens (primary N) is 2. The normalized spacial score (nSPS) is 16.3. The van der Waals surface area contributed by atoms with Crippen molar-refractivity contribution in [2.24, 2.45) is 5.73 Å². The molecule has 5 N–H and O–H groups in total. The minimum atomic E-state index is -0.585. The van der Waals surface area contributed by atoms with Crippen LogP contribution in [0, 0.1) is 0 Å². The predicted octanol–water partition coefficient (Wildman–Crippen LogP) is 2.43. The second kappa shape index (κ2) is 6.01. The number of nitrogens with one attached hydrogen (secondary N) is 1. The molecule has 7 heteroatoms. The van der Waals surface area contributed by atoms with E-state index in [0.717, 1.165) is 10.6 Å². The number of methoxy groups -OCH3 is 1. The Balaban J connectivity index is 2.28. The van der Waals surface area contributed by atoms with E-state index in [9.17, 15) is 9.59 Å². The topological polar surface area (TPSA) is 107 Å². The van der Waals surface area contributed by atoms with Crippen LogP contribution in [0.3, 0.4) is 0 Å². The summed E-state index contributed by atoms with van der Waals surface area (Å²) in [7, 11) is 1.34. The van der Waals surface area contributed by atoms with Crippen molar-refractivity contribution in [1.29, 1.82) is 0 Å². The van der Waals surface area contributed by atoms with Gasteiger partial charge in [-0.1, -0.05) is 30.3 Å². The number of esters is 1. The SMILES string of the molecule is COC(=O)C1=C(C)Nc2sc(C(N)=O)c(N)c2C1c1ccccc1. The van der Waals surface area contributed by atoms with E-state index in [0.29, 0.717) is 22.5 Å². The molecule has 1 amide bonds. The second-order valence-electron chi connectivity index (χ2n) is 5.45. The number of nitrogen functional groups attached to an aromatic ring is 1. The first-order chi connectivity index (χ1) is 11.5. The highest BCUT2D eigenvalue weighted by Gasteiger charge is 2.37. The van der Waals surface area contributed by atoms with Gasteiger partial charge in [0.25, 0.3) is 5.91 Å². The number of benzene rings is 1. The molecule has 2 aromatic rings. The molecule has 1 unspecified atom stereocenters. The lowest BCUT2D eigenvalue weighted by molar-refractivity contribution is -0.136. The van der Waals surface area contributed by atoms with Crippen LogP contribution in [0.25, 0.3) is 0 Å². The van der Waals surface area contributed by atoms with Crippen LogP contribution >= 0.6 is 11.3 Å². The lowest BCUT2D eigenvalue weighted by Crippen LogP contribution is -2.23. The Labute approximate surface area is 143 Å². The van der Waals surface area contributed by atoms with Crippen LogP contribution in [0.2, 0.25) is 0 Å². The monoisotopic (exact) mass is 343 g/mol. The van der Waals surface area contributed by atoms with Gasteiger partial charge in [-0.25, -0.2) is 4.79 Å². The Hall–Kier alpha value is -2.80. The Kier molecular flexibility index (Phi) is 4.02. The predicted molar refractivity (Wildman–Crippen MR) is 93.9 cm³/mol. The molecule has 3 rings (SSSR count). The van der Waals surface area contributed by atoms with Crippen molar-refractivity contribution in [3.8, 4) is 0 Å². The van der Waals surface area contributed by atoms with E-state index >= 15 is 0 Å². The number of ether oxygens (including phenoxy) is 1. The van der Waals surface area contributed by atoms with E-state index in [1.165, 1.54) is 18.4 Å². The number of anilines is 2. The molecule has 6 nitrogen and oxygen atoms in total. The molecule has 0 saturated carbocycles. The molecule has 1 aromatic carbocycles. The average Bonchev–Trinajstić information content (AvgIpc) is 2.90. The van der Waals surface area contributed by atoms with Gasteiger partial charge in [0, 0.05) is 17.2 Å². The molecule has 1 aromatic heterocycles. The van der Waals surface area contributed by atoms with Crippen molar-refractivity contribution in [3.05, 3.63) is 57.6 Å².